The topological polar surface area (TPSA) is 71.1 Å². The van der Waals surface area contributed by atoms with Gasteiger partial charge in [0.2, 0.25) is 0 Å². The third-order valence-electron chi connectivity index (χ3n) is 9.14. The molecule has 0 unspecified atom stereocenters. The summed E-state index contributed by atoms with van der Waals surface area (Å²) in [6.45, 7) is 4.06. The zero-order valence-corrected chi connectivity index (χ0v) is 27.7. The molecule has 0 aromatic heterocycles. The van der Waals surface area contributed by atoms with Crippen LogP contribution in [0.1, 0.15) is 31.8 Å². The number of methoxy groups -OCH3 is 4. The minimum absolute atomic E-state index is 0.126. The molecular formula is C42H34O6. The zero-order chi connectivity index (χ0) is 33.7. The van der Waals surface area contributed by atoms with Gasteiger partial charge >= 0.3 is 11.9 Å². The normalized spacial score (nSPS) is 11.3. The van der Waals surface area contributed by atoms with Crippen LogP contribution in [0.3, 0.4) is 0 Å². The highest BCUT2D eigenvalue weighted by Crippen LogP contribution is 2.49. The third kappa shape index (κ3) is 4.71. The van der Waals surface area contributed by atoms with Gasteiger partial charge in [-0.2, -0.15) is 0 Å². The first-order valence-corrected chi connectivity index (χ1v) is 15.6. The number of fused-ring (bicyclic) bond motifs is 5. The molecule has 0 heterocycles. The average molecular weight is 635 g/mol. The van der Waals surface area contributed by atoms with Crippen LogP contribution < -0.4 is 9.47 Å². The standard InChI is InChI=1S/C42H34O6/c1-23-19-29-30-20-24(2)22-32(36-28-14-10-8-12-26(28)16-18-34(36)46-4)38(30)40(42(44)48-6)39(41(43)47-5)37(29)31(21-23)35-27-13-9-7-11-25(27)15-17-33(35)45-3/h7-22H,1-6H3. The molecule has 0 fully saturated rings. The molecule has 0 bridgehead atoms. The lowest BCUT2D eigenvalue weighted by atomic mass is 9.81. The van der Waals surface area contributed by atoms with Gasteiger partial charge < -0.3 is 18.9 Å². The Morgan fingerprint density at radius 3 is 1.25 bits per heavy atom. The summed E-state index contributed by atoms with van der Waals surface area (Å²) < 4.78 is 22.9. The minimum Gasteiger partial charge on any atom is -0.496 e. The first kappa shape index (κ1) is 30.8. The molecule has 0 aliphatic heterocycles. The van der Waals surface area contributed by atoms with Gasteiger partial charge in [0.15, 0.2) is 0 Å². The van der Waals surface area contributed by atoms with Crippen LogP contribution in [0.25, 0.3) is 65.3 Å². The third-order valence-corrected chi connectivity index (χ3v) is 9.14. The molecule has 0 N–H and O–H groups in total. The molecule has 0 amide bonds. The lowest BCUT2D eigenvalue weighted by molar-refractivity contribution is 0.0559. The Kier molecular flexibility index (Phi) is 7.72. The molecule has 0 saturated carbocycles. The Bertz CT molecular complexity index is 2290. The largest absolute Gasteiger partial charge is 0.496 e. The fraction of sp³-hybridized carbons (Fsp3) is 0.143. The molecular weight excluding hydrogens is 600 g/mol. The van der Waals surface area contributed by atoms with Crippen molar-refractivity contribution in [2.24, 2.45) is 0 Å². The summed E-state index contributed by atoms with van der Waals surface area (Å²) in [7, 11) is 5.93. The van der Waals surface area contributed by atoms with Gasteiger partial charge in [-0.3, -0.25) is 0 Å². The van der Waals surface area contributed by atoms with E-state index in [0.29, 0.717) is 22.3 Å². The Morgan fingerprint density at radius 1 is 0.479 bits per heavy atom. The van der Waals surface area contributed by atoms with Crippen LogP contribution >= 0.6 is 0 Å². The second-order valence-corrected chi connectivity index (χ2v) is 11.9. The van der Waals surface area contributed by atoms with E-state index in [1.807, 2.05) is 98.8 Å². The van der Waals surface area contributed by atoms with Gasteiger partial charge in [-0.1, -0.05) is 84.9 Å². The molecule has 0 atom stereocenters. The summed E-state index contributed by atoms with van der Waals surface area (Å²) in [6.07, 6.45) is 0. The van der Waals surface area contributed by atoms with Crippen molar-refractivity contribution in [3.05, 3.63) is 119 Å². The smallest absolute Gasteiger partial charge is 0.339 e. The minimum atomic E-state index is -0.650. The number of ether oxygens (including phenoxy) is 4. The van der Waals surface area contributed by atoms with Crippen molar-refractivity contribution in [1.82, 2.24) is 0 Å². The molecule has 0 radical (unpaired) electrons. The number of hydrogen-bond donors (Lipinski definition) is 0. The molecule has 0 aliphatic carbocycles. The number of carbonyl (C=O) groups excluding carboxylic acids is 2. The van der Waals surface area contributed by atoms with Crippen molar-refractivity contribution in [2.45, 2.75) is 13.8 Å². The summed E-state index contributed by atoms with van der Waals surface area (Å²) >= 11 is 0. The van der Waals surface area contributed by atoms with Crippen LogP contribution in [0, 0.1) is 13.8 Å². The molecule has 48 heavy (non-hydrogen) atoms. The molecule has 7 aromatic carbocycles. The SMILES string of the molecule is COC(=O)c1c(C(=O)OC)c2c(-c3c(OC)ccc4ccccc34)cc(C)cc2c2cc(C)cc(-c3c(OC)ccc4ccccc34)c12. The highest BCUT2D eigenvalue weighted by atomic mass is 16.5. The van der Waals surface area contributed by atoms with Gasteiger partial charge in [0.25, 0.3) is 0 Å². The molecule has 238 valence electrons. The van der Waals surface area contributed by atoms with Crippen LogP contribution in [0.2, 0.25) is 0 Å². The Hall–Kier alpha value is -5.88. The van der Waals surface area contributed by atoms with Crippen LogP contribution in [-0.2, 0) is 9.47 Å². The Morgan fingerprint density at radius 2 is 0.875 bits per heavy atom. The van der Waals surface area contributed by atoms with E-state index in [9.17, 15) is 9.59 Å². The van der Waals surface area contributed by atoms with E-state index in [1.165, 1.54) is 14.2 Å². The predicted molar refractivity (Wildman–Crippen MR) is 193 cm³/mol. The number of carbonyl (C=O) groups is 2. The number of hydrogen-bond acceptors (Lipinski definition) is 6. The van der Waals surface area contributed by atoms with E-state index in [0.717, 1.165) is 65.7 Å². The summed E-state index contributed by atoms with van der Waals surface area (Å²) in [5.41, 5.74) is 5.32. The van der Waals surface area contributed by atoms with E-state index in [2.05, 4.69) is 12.1 Å². The van der Waals surface area contributed by atoms with E-state index < -0.39 is 11.9 Å². The average Bonchev–Trinajstić information content (AvgIpc) is 3.12. The Labute approximate surface area is 278 Å². The number of rotatable bonds is 6. The number of aryl methyl sites for hydroxylation is 2. The zero-order valence-electron chi connectivity index (χ0n) is 27.7. The van der Waals surface area contributed by atoms with E-state index >= 15 is 0 Å². The summed E-state index contributed by atoms with van der Waals surface area (Å²) in [6, 6.07) is 32.2. The second kappa shape index (κ2) is 12.0. The molecule has 6 heteroatoms. The van der Waals surface area contributed by atoms with Crippen LogP contribution in [0.15, 0.2) is 97.1 Å². The van der Waals surface area contributed by atoms with Crippen molar-refractivity contribution >= 4 is 55.0 Å². The van der Waals surface area contributed by atoms with Gasteiger partial charge in [-0.05, 0) is 80.6 Å². The first-order valence-electron chi connectivity index (χ1n) is 15.6. The van der Waals surface area contributed by atoms with Gasteiger partial charge in [-0.15, -0.1) is 0 Å². The van der Waals surface area contributed by atoms with E-state index in [-0.39, 0.29) is 11.1 Å². The fourth-order valence-electron chi connectivity index (χ4n) is 7.19. The molecule has 7 rings (SSSR count). The molecule has 0 saturated heterocycles. The summed E-state index contributed by atoms with van der Waals surface area (Å²) in [4.78, 5) is 28.3. The maximum absolute atomic E-state index is 14.2. The van der Waals surface area contributed by atoms with Gasteiger partial charge in [0.05, 0.1) is 39.6 Å². The van der Waals surface area contributed by atoms with Crippen molar-refractivity contribution in [3.8, 4) is 33.8 Å². The van der Waals surface area contributed by atoms with Gasteiger partial charge in [0, 0.05) is 21.9 Å². The molecule has 0 spiro atoms. The van der Waals surface area contributed by atoms with Crippen molar-refractivity contribution in [1.29, 1.82) is 0 Å². The van der Waals surface area contributed by atoms with E-state index in [4.69, 9.17) is 18.9 Å². The maximum atomic E-state index is 14.2. The summed E-state index contributed by atoms with van der Waals surface area (Å²) in [5.74, 6) is -0.0193. The van der Waals surface area contributed by atoms with Crippen molar-refractivity contribution in [2.75, 3.05) is 28.4 Å². The Balaban J connectivity index is 1.79. The maximum Gasteiger partial charge on any atom is 0.339 e. The second-order valence-electron chi connectivity index (χ2n) is 11.9. The fourth-order valence-corrected chi connectivity index (χ4v) is 7.19. The van der Waals surface area contributed by atoms with Gasteiger partial charge in [-0.25, -0.2) is 9.59 Å². The highest BCUT2D eigenvalue weighted by molar-refractivity contribution is 6.31. The van der Waals surface area contributed by atoms with Crippen molar-refractivity contribution in [3.63, 3.8) is 0 Å². The van der Waals surface area contributed by atoms with Crippen molar-refractivity contribution < 1.29 is 28.5 Å². The van der Waals surface area contributed by atoms with E-state index in [1.54, 1.807) is 14.2 Å². The quantitative estimate of drug-likeness (QED) is 0.134. The summed E-state index contributed by atoms with van der Waals surface area (Å²) in [5, 5.41) is 6.68. The lowest BCUT2D eigenvalue weighted by Gasteiger charge is -2.23. The van der Waals surface area contributed by atoms with Crippen LogP contribution in [0.5, 0.6) is 11.5 Å². The monoisotopic (exact) mass is 634 g/mol. The molecule has 6 nitrogen and oxygen atoms in total. The van der Waals surface area contributed by atoms with Crippen LogP contribution in [-0.4, -0.2) is 40.4 Å². The predicted octanol–water partition coefficient (Wildman–Crippen LogP) is 9.84. The van der Waals surface area contributed by atoms with Gasteiger partial charge in [0.1, 0.15) is 11.5 Å². The highest BCUT2D eigenvalue weighted by Gasteiger charge is 2.31. The number of benzene rings is 7. The molecule has 0 aliphatic rings. The molecule has 7 aromatic rings. The lowest BCUT2D eigenvalue weighted by Crippen LogP contribution is -2.15. The van der Waals surface area contributed by atoms with Crippen LogP contribution in [0.4, 0.5) is 0 Å². The number of esters is 2. The first-order chi connectivity index (χ1) is 23.3.